The van der Waals surface area contributed by atoms with E-state index in [2.05, 4.69) is 10.6 Å². The fourth-order valence-corrected chi connectivity index (χ4v) is 2.81. The molecule has 0 spiro atoms. The summed E-state index contributed by atoms with van der Waals surface area (Å²) in [6, 6.07) is 6.90. The van der Waals surface area contributed by atoms with E-state index in [1.807, 2.05) is 45.0 Å². The van der Waals surface area contributed by atoms with Gasteiger partial charge in [-0.25, -0.2) is 4.79 Å². The zero-order chi connectivity index (χ0) is 20.7. The van der Waals surface area contributed by atoms with Crippen LogP contribution in [-0.4, -0.2) is 43.0 Å². The Kier molecular flexibility index (Phi) is 7.54. The molecule has 152 valence electrons. The number of ether oxygens (including phenoxy) is 1. The molecule has 0 radical (unpaired) electrons. The number of imide groups is 1. The standard InChI is InChI=1S/C20H27N3O5/c1-4-13(3)21-20(27)22-17(24)12-28-19(26)15-10-18(25)23(11-15)16-8-6-14(5-2)7-9-16/h6-9,13,15H,4-5,10-12H2,1-3H3,(H2,21,22,24,27)/t13-,15-/m1/s1. The van der Waals surface area contributed by atoms with Crippen LogP contribution in [0.15, 0.2) is 24.3 Å². The molecule has 0 aromatic heterocycles. The van der Waals surface area contributed by atoms with Crippen LogP contribution < -0.4 is 15.5 Å². The van der Waals surface area contributed by atoms with Crippen LogP contribution >= 0.6 is 0 Å². The van der Waals surface area contributed by atoms with Crippen molar-refractivity contribution in [1.82, 2.24) is 10.6 Å². The van der Waals surface area contributed by atoms with Crippen LogP contribution in [0.3, 0.4) is 0 Å². The lowest BCUT2D eigenvalue weighted by atomic mass is 10.1. The summed E-state index contributed by atoms with van der Waals surface area (Å²) in [6.45, 7) is 5.40. The molecule has 1 fully saturated rings. The second-order valence-corrected chi connectivity index (χ2v) is 6.86. The summed E-state index contributed by atoms with van der Waals surface area (Å²) in [5, 5.41) is 4.68. The summed E-state index contributed by atoms with van der Waals surface area (Å²) in [6.07, 6.45) is 1.66. The Morgan fingerprint density at radius 3 is 2.50 bits per heavy atom. The molecule has 1 aromatic rings. The molecule has 0 unspecified atom stereocenters. The van der Waals surface area contributed by atoms with Crippen LogP contribution in [0.25, 0.3) is 0 Å². The Hall–Kier alpha value is -2.90. The third-order valence-electron chi connectivity index (χ3n) is 4.70. The van der Waals surface area contributed by atoms with E-state index >= 15 is 0 Å². The van der Waals surface area contributed by atoms with Gasteiger partial charge in [0, 0.05) is 24.7 Å². The summed E-state index contributed by atoms with van der Waals surface area (Å²) in [5.74, 6) is -2.15. The number of aryl methyl sites for hydroxylation is 1. The van der Waals surface area contributed by atoms with Crippen molar-refractivity contribution in [1.29, 1.82) is 0 Å². The fraction of sp³-hybridized carbons (Fsp3) is 0.500. The number of esters is 1. The largest absolute Gasteiger partial charge is 0.455 e. The summed E-state index contributed by atoms with van der Waals surface area (Å²) < 4.78 is 4.98. The van der Waals surface area contributed by atoms with Crippen LogP contribution in [0, 0.1) is 5.92 Å². The Bertz CT molecular complexity index is 732. The van der Waals surface area contributed by atoms with E-state index in [0.29, 0.717) is 0 Å². The van der Waals surface area contributed by atoms with Crippen molar-refractivity contribution < 1.29 is 23.9 Å². The quantitative estimate of drug-likeness (QED) is 0.692. The predicted octanol–water partition coefficient (Wildman–Crippen LogP) is 1.77. The molecule has 2 atom stereocenters. The number of carbonyl (C=O) groups is 4. The molecule has 1 aromatic carbocycles. The number of carbonyl (C=O) groups excluding carboxylic acids is 4. The molecular weight excluding hydrogens is 362 g/mol. The highest BCUT2D eigenvalue weighted by Crippen LogP contribution is 2.26. The fourth-order valence-electron chi connectivity index (χ4n) is 2.81. The Morgan fingerprint density at radius 1 is 1.21 bits per heavy atom. The van der Waals surface area contributed by atoms with Crippen molar-refractivity contribution in [3.63, 3.8) is 0 Å². The number of nitrogens with one attached hydrogen (secondary N) is 2. The lowest BCUT2D eigenvalue weighted by molar-refractivity contribution is -0.152. The molecule has 0 aliphatic carbocycles. The minimum atomic E-state index is -0.717. The number of amides is 4. The number of hydrogen-bond acceptors (Lipinski definition) is 5. The van der Waals surface area contributed by atoms with Gasteiger partial charge in [-0.1, -0.05) is 26.0 Å². The van der Waals surface area contributed by atoms with Crippen LogP contribution in [0.5, 0.6) is 0 Å². The first-order valence-corrected chi connectivity index (χ1v) is 9.50. The zero-order valence-electron chi connectivity index (χ0n) is 16.5. The van der Waals surface area contributed by atoms with Crippen molar-refractivity contribution in [2.45, 2.75) is 46.1 Å². The predicted molar refractivity (Wildman–Crippen MR) is 104 cm³/mol. The molecule has 4 amide bonds. The van der Waals surface area contributed by atoms with E-state index in [4.69, 9.17) is 4.74 Å². The van der Waals surface area contributed by atoms with Crippen molar-refractivity contribution in [3.05, 3.63) is 29.8 Å². The first kappa shape index (κ1) is 21.4. The first-order chi connectivity index (χ1) is 13.3. The number of anilines is 1. The van der Waals surface area contributed by atoms with E-state index in [9.17, 15) is 19.2 Å². The normalized spacial score (nSPS) is 17.2. The molecule has 0 saturated carbocycles. The van der Waals surface area contributed by atoms with Crippen LogP contribution in [0.1, 0.15) is 39.2 Å². The molecular formula is C20H27N3O5. The van der Waals surface area contributed by atoms with Gasteiger partial charge in [0.1, 0.15) is 0 Å². The average molecular weight is 389 g/mol. The summed E-state index contributed by atoms with van der Waals surface area (Å²) in [5.41, 5.74) is 1.90. The second-order valence-electron chi connectivity index (χ2n) is 6.86. The summed E-state index contributed by atoms with van der Waals surface area (Å²) in [7, 11) is 0. The molecule has 1 aliphatic heterocycles. The van der Waals surface area contributed by atoms with Gasteiger partial charge in [-0.2, -0.15) is 0 Å². The Morgan fingerprint density at radius 2 is 1.89 bits per heavy atom. The van der Waals surface area contributed by atoms with Gasteiger partial charge in [-0.3, -0.25) is 19.7 Å². The Balaban J connectivity index is 1.82. The van der Waals surface area contributed by atoms with Crippen molar-refractivity contribution in [2.75, 3.05) is 18.1 Å². The summed E-state index contributed by atoms with van der Waals surface area (Å²) >= 11 is 0. The van der Waals surface area contributed by atoms with Gasteiger partial charge < -0.3 is 15.0 Å². The average Bonchev–Trinajstić information content (AvgIpc) is 3.07. The number of nitrogens with zero attached hydrogens (tertiary/aromatic N) is 1. The molecule has 1 aliphatic rings. The maximum absolute atomic E-state index is 12.2. The SMILES string of the molecule is CCc1ccc(N2C[C@H](C(=O)OCC(=O)NC(=O)N[C@H](C)CC)CC2=O)cc1. The third-order valence-corrected chi connectivity index (χ3v) is 4.70. The van der Waals surface area contributed by atoms with Crippen molar-refractivity contribution in [2.24, 2.45) is 5.92 Å². The van der Waals surface area contributed by atoms with Crippen molar-refractivity contribution in [3.8, 4) is 0 Å². The smallest absolute Gasteiger partial charge is 0.321 e. The van der Waals surface area contributed by atoms with Gasteiger partial charge in [0.2, 0.25) is 5.91 Å². The first-order valence-electron chi connectivity index (χ1n) is 9.50. The van der Waals surface area contributed by atoms with E-state index in [1.165, 1.54) is 0 Å². The van der Waals surface area contributed by atoms with Gasteiger partial charge in [0.15, 0.2) is 6.61 Å². The number of benzene rings is 1. The lowest BCUT2D eigenvalue weighted by Crippen LogP contribution is -2.44. The third kappa shape index (κ3) is 5.80. The molecule has 1 heterocycles. The molecule has 8 heteroatoms. The molecule has 0 bridgehead atoms. The Labute approximate surface area is 164 Å². The topological polar surface area (TPSA) is 105 Å². The second kappa shape index (κ2) is 9.87. The molecule has 1 saturated heterocycles. The summed E-state index contributed by atoms with van der Waals surface area (Å²) in [4.78, 5) is 49.3. The van der Waals surface area contributed by atoms with Crippen LogP contribution in [-0.2, 0) is 25.5 Å². The highest BCUT2D eigenvalue weighted by atomic mass is 16.5. The highest BCUT2D eigenvalue weighted by molar-refractivity contribution is 6.00. The van der Waals surface area contributed by atoms with Gasteiger partial charge >= 0.3 is 12.0 Å². The highest BCUT2D eigenvalue weighted by Gasteiger charge is 2.36. The van der Waals surface area contributed by atoms with Gasteiger partial charge in [-0.15, -0.1) is 0 Å². The van der Waals surface area contributed by atoms with Gasteiger partial charge in [0.25, 0.3) is 5.91 Å². The van der Waals surface area contributed by atoms with Crippen LogP contribution in [0.2, 0.25) is 0 Å². The van der Waals surface area contributed by atoms with Gasteiger partial charge in [0.05, 0.1) is 5.92 Å². The molecule has 28 heavy (non-hydrogen) atoms. The van der Waals surface area contributed by atoms with E-state index in [-0.39, 0.29) is 24.9 Å². The maximum atomic E-state index is 12.2. The monoisotopic (exact) mass is 389 g/mol. The van der Waals surface area contributed by atoms with Crippen LogP contribution in [0.4, 0.5) is 10.5 Å². The minimum absolute atomic E-state index is 0.0322. The van der Waals surface area contributed by atoms with E-state index in [1.54, 1.807) is 4.90 Å². The lowest BCUT2D eigenvalue weighted by Gasteiger charge is -2.17. The molecule has 2 rings (SSSR count). The molecule has 2 N–H and O–H groups in total. The van der Waals surface area contributed by atoms with E-state index in [0.717, 1.165) is 24.1 Å². The number of urea groups is 1. The number of hydrogen-bond donors (Lipinski definition) is 2. The van der Waals surface area contributed by atoms with Gasteiger partial charge in [-0.05, 0) is 37.5 Å². The number of rotatable bonds is 7. The minimum Gasteiger partial charge on any atom is -0.455 e. The zero-order valence-corrected chi connectivity index (χ0v) is 16.5. The van der Waals surface area contributed by atoms with Crippen molar-refractivity contribution >= 4 is 29.5 Å². The van der Waals surface area contributed by atoms with E-state index < -0.39 is 30.4 Å². The molecule has 8 nitrogen and oxygen atoms in total. The maximum Gasteiger partial charge on any atom is 0.321 e.